The lowest BCUT2D eigenvalue weighted by Crippen LogP contribution is -2.21. The summed E-state index contributed by atoms with van der Waals surface area (Å²) >= 11 is 0. The molecule has 0 atom stereocenters. The van der Waals surface area contributed by atoms with Gasteiger partial charge in [-0.05, 0) is 30.2 Å². The molecule has 3 aromatic rings. The van der Waals surface area contributed by atoms with Crippen molar-refractivity contribution in [1.82, 2.24) is 14.7 Å². The number of fused-ring (bicyclic) bond motifs is 1. The molecule has 1 heterocycles. The van der Waals surface area contributed by atoms with Gasteiger partial charge in [0.2, 0.25) is 5.91 Å². The van der Waals surface area contributed by atoms with Crippen LogP contribution in [-0.4, -0.2) is 47.2 Å². The summed E-state index contributed by atoms with van der Waals surface area (Å²) in [5, 5.41) is 9.05. The predicted octanol–water partition coefficient (Wildman–Crippen LogP) is 3.56. The molecule has 1 aromatic heterocycles. The van der Waals surface area contributed by atoms with E-state index in [1.165, 1.54) is 0 Å². The van der Waals surface area contributed by atoms with Crippen molar-refractivity contribution >= 4 is 28.4 Å². The fourth-order valence-electron chi connectivity index (χ4n) is 3.11. The molecule has 0 aliphatic carbocycles. The Hall–Kier alpha value is -3.35. The maximum Gasteiger partial charge on any atom is 0.261 e. The number of benzene rings is 2. The Morgan fingerprint density at radius 2 is 1.93 bits per heavy atom. The number of hydrogen-bond acceptors (Lipinski definition) is 4. The summed E-state index contributed by atoms with van der Waals surface area (Å²) in [7, 11) is 3.49. The molecule has 0 fully saturated rings. The van der Waals surface area contributed by atoms with Crippen LogP contribution in [0, 0.1) is 0 Å². The molecule has 152 valence electrons. The number of carbonyl (C=O) groups is 2. The van der Waals surface area contributed by atoms with Gasteiger partial charge in [0, 0.05) is 39.3 Å². The molecule has 0 aliphatic rings. The third-order valence-electron chi connectivity index (χ3n) is 4.58. The molecule has 1 N–H and O–H groups in total. The fraction of sp³-hybridized carbons (Fsp3) is 0.318. The Bertz CT molecular complexity index is 1010. The maximum absolute atomic E-state index is 13.0. The Labute approximate surface area is 170 Å². The Morgan fingerprint density at radius 3 is 2.69 bits per heavy atom. The minimum Gasteiger partial charge on any atom is -0.493 e. The molecule has 0 aliphatic heterocycles. The van der Waals surface area contributed by atoms with E-state index in [9.17, 15) is 9.59 Å². The van der Waals surface area contributed by atoms with Crippen molar-refractivity contribution in [2.75, 3.05) is 26.0 Å². The fourth-order valence-corrected chi connectivity index (χ4v) is 3.11. The van der Waals surface area contributed by atoms with Gasteiger partial charge in [0.25, 0.3) is 5.91 Å². The lowest BCUT2D eigenvalue weighted by atomic mass is 10.0. The average Bonchev–Trinajstić information content (AvgIpc) is 3.14. The third-order valence-corrected chi connectivity index (χ3v) is 4.58. The minimum absolute atomic E-state index is 0.0880. The molecule has 2 amide bonds. The third kappa shape index (κ3) is 4.93. The van der Waals surface area contributed by atoms with E-state index in [1.807, 2.05) is 43.3 Å². The van der Waals surface area contributed by atoms with E-state index in [-0.39, 0.29) is 11.8 Å². The second kappa shape index (κ2) is 9.23. The van der Waals surface area contributed by atoms with Crippen molar-refractivity contribution in [3.8, 4) is 5.75 Å². The summed E-state index contributed by atoms with van der Waals surface area (Å²) in [5.41, 5.74) is 0.496. The van der Waals surface area contributed by atoms with Gasteiger partial charge in [-0.2, -0.15) is 5.10 Å². The number of anilines is 1. The van der Waals surface area contributed by atoms with E-state index in [4.69, 9.17) is 4.74 Å². The van der Waals surface area contributed by atoms with Crippen LogP contribution >= 0.6 is 0 Å². The van der Waals surface area contributed by atoms with E-state index < -0.39 is 0 Å². The predicted molar refractivity (Wildman–Crippen MR) is 113 cm³/mol. The number of nitrogens with one attached hydrogen (secondary N) is 1. The molecule has 2 aromatic carbocycles. The Morgan fingerprint density at radius 1 is 1.14 bits per heavy atom. The van der Waals surface area contributed by atoms with Crippen molar-refractivity contribution in [3.63, 3.8) is 0 Å². The van der Waals surface area contributed by atoms with Crippen LogP contribution in [0.2, 0.25) is 0 Å². The highest BCUT2D eigenvalue weighted by Gasteiger charge is 2.17. The highest BCUT2D eigenvalue weighted by atomic mass is 16.5. The first-order valence-corrected chi connectivity index (χ1v) is 9.69. The normalized spacial score (nSPS) is 10.7. The summed E-state index contributed by atoms with van der Waals surface area (Å²) in [6.45, 7) is 2.96. The SMILES string of the molecule is CCOc1ccc2ccccc2c1C(=O)Nc1ccn(CCCC(=O)N(C)C)n1. The number of carbonyl (C=O) groups excluding carboxylic acids is 2. The molecule has 0 spiro atoms. The van der Waals surface area contributed by atoms with Gasteiger partial charge in [0.1, 0.15) is 5.75 Å². The number of rotatable bonds is 8. The molecule has 0 bridgehead atoms. The number of nitrogens with zero attached hydrogens (tertiary/aromatic N) is 3. The van der Waals surface area contributed by atoms with Crippen LogP contribution in [0.1, 0.15) is 30.1 Å². The van der Waals surface area contributed by atoms with Gasteiger partial charge in [-0.1, -0.05) is 30.3 Å². The lowest BCUT2D eigenvalue weighted by molar-refractivity contribution is -0.128. The van der Waals surface area contributed by atoms with Crippen LogP contribution < -0.4 is 10.1 Å². The van der Waals surface area contributed by atoms with Crippen LogP contribution in [0.4, 0.5) is 5.82 Å². The quantitative estimate of drug-likeness (QED) is 0.634. The monoisotopic (exact) mass is 394 g/mol. The first kappa shape index (κ1) is 20.4. The van der Waals surface area contributed by atoms with Crippen molar-refractivity contribution in [3.05, 3.63) is 54.2 Å². The van der Waals surface area contributed by atoms with Gasteiger partial charge in [0.15, 0.2) is 5.82 Å². The van der Waals surface area contributed by atoms with E-state index in [2.05, 4.69) is 10.4 Å². The standard InChI is InChI=1S/C22H26N4O3/c1-4-29-18-12-11-16-8-5-6-9-17(16)21(18)22(28)23-19-13-15-26(24-19)14-7-10-20(27)25(2)3/h5-6,8-9,11-13,15H,4,7,10,14H2,1-3H3,(H,23,24,28). The Balaban J connectivity index is 1.73. The minimum atomic E-state index is -0.265. The largest absolute Gasteiger partial charge is 0.493 e. The molecule has 29 heavy (non-hydrogen) atoms. The summed E-state index contributed by atoms with van der Waals surface area (Å²) in [6.07, 6.45) is 2.94. The van der Waals surface area contributed by atoms with Crippen LogP contribution in [-0.2, 0) is 11.3 Å². The van der Waals surface area contributed by atoms with Crippen LogP contribution in [0.3, 0.4) is 0 Å². The van der Waals surface area contributed by atoms with E-state index in [1.54, 1.807) is 35.9 Å². The number of aromatic nitrogens is 2. The van der Waals surface area contributed by atoms with Crippen molar-refractivity contribution in [2.24, 2.45) is 0 Å². The second-order valence-electron chi connectivity index (χ2n) is 6.90. The molecule has 0 radical (unpaired) electrons. The van der Waals surface area contributed by atoms with Crippen molar-refractivity contribution in [1.29, 1.82) is 0 Å². The van der Waals surface area contributed by atoms with Gasteiger partial charge < -0.3 is 15.0 Å². The van der Waals surface area contributed by atoms with Crippen LogP contribution in [0.5, 0.6) is 5.75 Å². The summed E-state index contributed by atoms with van der Waals surface area (Å²) in [4.78, 5) is 26.3. The van der Waals surface area contributed by atoms with Gasteiger partial charge in [0.05, 0.1) is 12.2 Å². The Kier molecular flexibility index (Phi) is 6.49. The molecule has 0 saturated carbocycles. The summed E-state index contributed by atoms with van der Waals surface area (Å²) < 4.78 is 7.41. The summed E-state index contributed by atoms with van der Waals surface area (Å²) in [5.74, 6) is 0.832. The summed E-state index contributed by atoms with van der Waals surface area (Å²) in [6, 6.07) is 13.2. The zero-order valence-electron chi connectivity index (χ0n) is 17.0. The zero-order chi connectivity index (χ0) is 20.8. The number of hydrogen-bond donors (Lipinski definition) is 1. The maximum atomic E-state index is 13.0. The zero-order valence-corrected chi connectivity index (χ0v) is 17.0. The van der Waals surface area contributed by atoms with Gasteiger partial charge in [-0.15, -0.1) is 0 Å². The molecular formula is C22H26N4O3. The molecule has 0 saturated heterocycles. The molecule has 0 unspecified atom stereocenters. The highest BCUT2D eigenvalue weighted by molar-refractivity contribution is 6.14. The van der Waals surface area contributed by atoms with E-state index >= 15 is 0 Å². The van der Waals surface area contributed by atoms with E-state index in [0.717, 1.165) is 10.8 Å². The number of aryl methyl sites for hydroxylation is 1. The van der Waals surface area contributed by atoms with Gasteiger partial charge >= 0.3 is 0 Å². The van der Waals surface area contributed by atoms with Crippen LogP contribution in [0.25, 0.3) is 10.8 Å². The molecule has 7 nitrogen and oxygen atoms in total. The topological polar surface area (TPSA) is 76.5 Å². The smallest absolute Gasteiger partial charge is 0.261 e. The second-order valence-corrected chi connectivity index (χ2v) is 6.90. The molecule has 3 rings (SSSR count). The van der Waals surface area contributed by atoms with Gasteiger partial charge in [-0.3, -0.25) is 14.3 Å². The first-order valence-electron chi connectivity index (χ1n) is 9.69. The molecular weight excluding hydrogens is 368 g/mol. The van der Waals surface area contributed by atoms with Crippen LogP contribution in [0.15, 0.2) is 48.7 Å². The van der Waals surface area contributed by atoms with Crippen molar-refractivity contribution in [2.45, 2.75) is 26.3 Å². The lowest BCUT2D eigenvalue weighted by Gasteiger charge is -2.13. The molecule has 7 heteroatoms. The number of ether oxygens (including phenoxy) is 1. The van der Waals surface area contributed by atoms with Crippen molar-refractivity contribution < 1.29 is 14.3 Å². The average molecular weight is 394 g/mol. The number of amides is 2. The van der Waals surface area contributed by atoms with Gasteiger partial charge in [-0.25, -0.2) is 0 Å². The highest BCUT2D eigenvalue weighted by Crippen LogP contribution is 2.29. The first-order chi connectivity index (χ1) is 14.0. The van der Waals surface area contributed by atoms with E-state index in [0.29, 0.717) is 43.1 Å².